The fourth-order valence-electron chi connectivity index (χ4n) is 4.10. The third-order valence-electron chi connectivity index (χ3n) is 5.82. The molecule has 0 bridgehead atoms. The monoisotopic (exact) mass is 463 g/mol. The Labute approximate surface area is 194 Å². The van der Waals surface area contributed by atoms with Crippen molar-refractivity contribution in [1.82, 2.24) is 15.3 Å². The third-order valence-corrected chi connectivity index (χ3v) is 7.16. The summed E-state index contributed by atoms with van der Waals surface area (Å²) in [6, 6.07) is 15.6. The summed E-state index contributed by atoms with van der Waals surface area (Å²) in [6.45, 7) is 2.02. The van der Waals surface area contributed by atoms with E-state index >= 15 is 0 Å². The number of thioether (sulfide) groups is 1. The molecule has 8 nitrogen and oxygen atoms in total. The number of nitrogens with zero attached hydrogens (tertiary/aromatic N) is 2. The van der Waals surface area contributed by atoms with Crippen LogP contribution in [0, 0.1) is 6.92 Å². The van der Waals surface area contributed by atoms with Crippen LogP contribution < -0.4 is 5.32 Å². The fraction of sp³-hybridized carbons (Fsp3) is 0.250. The van der Waals surface area contributed by atoms with Gasteiger partial charge in [-0.2, -0.15) is 5.06 Å². The van der Waals surface area contributed by atoms with Crippen molar-refractivity contribution in [2.75, 3.05) is 12.3 Å². The van der Waals surface area contributed by atoms with Gasteiger partial charge in [0.05, 0.1) is 13.0 Å². The van der Waals surface area contributed by atoms with Crippen molar-refractivity contribution in [2.24, 2.45) is 0 Å². The standard InChI is InChI=1S/C24H21N3O5S/c1-14-7-9-16(10-8-14)21(29)26-12-17-13-33-23-19(22(30)27(23)20(17)24(31)32-26)25-18(28)11-15-5-3-2-4-6-15/h2-10,19,23H,11-13H2,1H3,(H,25,28)/t19-,23-/m1/s1. The van der Waals surface area contributed by atoms with Crippen LogP contribution in [0.25, 0.3) is 0 Å². The lowest BCUT2D eigenvalue weighted by molar-refractivity contribution is -0.180. The van der Waals surface area contributed by atoms with Crippen LogP contribution >= 0.6 is 11.8 Å². The van der Waals surface area contributed by atoms with E-state index in [9.17, 15) is 19.2 Å². The number of hydrogen-bond acceptors (Lipinski definition) is 6. The van der Waals surface area contributed by atoms with Crippen molar-refractivity contribution in [2.45, 2.75) is 24.8 Å². The predicted molar refractivity (Wildman–Crippen MR) is 121 cm³/mol. The molecular weight excluding hydrogens is 442 g/mol. The van der Waals surface area contributed by atoms with E-state index in [0.717, 1.165) is 16.2 Å². The first-order valence-corrected chi connectivity index (χ1v) is 11.6. The lowest BCUT2D eigenvalue weighted by atomic mass is 10.0. The predicted octanol–water partition coefficient (Wildman–Crippen LogP) is 1.81. The number of carbonyl (C=O) groups excluding carboxylic acids is 4. The Kier molecular flexibility index (Phi) is 5.41. The number of carbonyl (C=O) groups is 4. The molecule has 2 aromatic carbocycles. The number of fused-ring (bicyclic) bond motifs is 2. The van der Waals surface area contributed by atoms with Crippen LogP contribution in [0.15, 0.2) is 65.9 Å². The summed E-state index contributed by atoms with van der Waals surface area (Å²) in [5, 5.41) is 3.45. The highest BCUT2D eigenvalue weighted by Gasteiger charge is 2.55. The molecule has 0 unspecified atom stereocenters. The number of benzene rings is 2. The molecule has 0 spiro atoms. The van der Waals surface area contributed by atoms with Crippen LogP contribution in [-0.4, -0.2) is 57.4 Å². The number of nitrogens with one attached hydrogen (secondary N) is 1. The molecule has 168 valence electrons. The molecule has 1 fully saturated rings. The average molecular weight is 464 g/mol. The molecule has 0 aromatic heterocycles. The molecule has 3 aliphatic rings. The smallest absolute Gasteiger partial charge is 0.341 e. The maximum absolute atomic E-state index is 12.8. The van der Waals surface area contributed by atoms with E-state index < -0.39 is 17.9 Å². The molecule has 1 saturated heterocycles. The van der Waals surface area contributed by atoms with Crippen LogP contribution in [-0.2, 0) is 25.6 Å². The Bertz CT molecular complexity index is 1180. The summed E-state index contributed by atoms with van der Waals surface area (Å²) in [5.74, 6) is -1.29. The minimum Gasteiger partial charge on any atom is -0.341 e. The van der Waals surface area contributed by atoms with Crippen LogP contribution in [0.5, 0.6) is 0 Å². The molecule has 5 rings (SSSR count). The van der Waals surface area contributed by atoms with E-state index in [0.29, 0.717) is 16.9 Å². The summed E-state index contributed by atoms with van der Waals surface area (Å²) in [4.78, 5) is 57.5. The molecule has 1 N–H and O–H groups in total. The van der Waals surface area contributed by atoms with Gasteiger partial charge < -0.3 is 10.2 Å². The Balaban J connectivity index is 1.27. The summed E-state index contributed by atoms with van der Waals surface area (Å²) in [5.41, 5.74) is 3.14. The van der Waals surface area contributed by atoms with Gasteiger partial charge in [0.15, 0.2) is 0 Å². The molecule has 3 amide bonds. The number of hydrogen-bond donors (Lipinski definition) is 1. The van der Waals surface area contributed by atoms with Gasteiger partial charge in [-0.25, -0.2) is 4.79 Å². The Morgan fingerprint density at radius 2 is 1.82 bits per heavy atom. The highest BCUT2D eigenvalue weighted by atomic mass is 32.2. The zero-order valence-corrected chi connectivity index (χ0v) is 18.6. The Hall–Kier alpha value is -3.59. The van der Waals surface area contributed by atoms with Crippen LogP contribution in [0.2, 0.25) is 0 Å². The minimum absolute atomic E-state index is 0.0995. The van der Waals surface area contributed by atoms with Gasteiger partial charge >= 0.3 is 5.97 Å². The Morgan fingerprint density at radius 1 is 1.09 bits per heavy atom. The van der Waals surface area contributed by atoms with E-state index in [-0.39, 0.29) is 35.9 Å². The largest absolute Gasteiger partial charge is 0.379 e. The number of rotatable bonds is 4. The summed E-state index contributed by atoms with van der Waals surface area (Å²) in [6.07, 6.45) is 0.175. The maximum Gasteiger partial charge on any atom is 0.379 e. The van der Waals surface area contributed by atoms with Crippen molar-refractivity contribution >= 4 is 35.5 Å². The third kappa shape index (κ3) is 3.89. The maximum atomic E-state index is 12.8. The molecule has 2 aromatic rings. The van der Waals surface area contributed by atoms with Crippen molar-refractivity contribution in [3.8, 4) is 0 Å². The van der Waals surface area contributed by atoms with E-state index in [1.54, 1.807) is 12.1 Å². The van der Waals surface area contributed by atoms with E-state index in [4.69, 9.17) is 4.84 Å². The normalized spacial score (nSPS) is 21.6. The van der Waals surface area contributed by atoms with Crippen molar-refractivity contribution < 1.29 is 24.0 Å². The molecule has 33 heavy (non-hydrogen) atoms. The minimum atomic E-state index is -0.732. The first-order valence-electron chi connectivity index (χ1n) is 10.5. The van der Waals surface area contributed by atoms with Crippen LogP contribution in [0.1, 0.15) is 21.5 Å². The van der Waals surface area contributed by atoms with Crippen molar-refractivity contribution in [1.29, 1.82) is 0 Å². The second-order valence-corrected chi connectivity index (χ2v) is 9.26. The van der Waals surface area contributed by atoms with Crippen LogP contribution in [0.4, 0.5) is 0 Å². The molecule has 3 aliphatic heterocycles. The second-order valence-electron chi connectivity index (χ2n) is 8.16. The molecule has 9 heteroatoms. The lowest BCUT2D eigenvalue weighted by Crippen LogP contribution is -2.71. The summed E-state index contributed by atoms with van der Waals surface area (Å²) >= 11 is 1.46. The first kappa shape index (κ1) is 21.3. The van der Waals surface area contributed by atoms with Gasteiger partial charge in [-0.3, -0.25) is 19.3 Å². The van der Waals surface area contributed by atoms with E-state index in [1.807, 2.05) is 49.4 Å². The van der Waals surface area contributed by atoms with Gasteiger partial charge in [0.25, 0.3) is 11.8 Å². The van der Waals surface area contributed by atoms with Gasteiger partial charge in [0.2, 0.25) is 5.91 Å². The van der Waals surface area contributed by atoms with Gasteiger partial charge in [-0.1, -0.05) is 48.0 Å². The number of β-lactam (4-membered cyclic amide) rings is 1. The second kappa shape index (κ2) is 8.40. The number of amides is 3. The number of aryl methyl sites for hydroxylation is 1. The SMILES string of the molecule is Cc1ccc(C(=O)N2CC3=C(C(=O)O2)N2C(=O)[C@@H](NC(=O)Cc4ccccc4)[C@H]2SC3)cc1. The van der Waals surface area contributed by atoms with Gasteiger partial charge in [-0.15, -0.1) is 11.8 Å². The van der Waals surface area contributed by atoms with Gasteiger partial charge in [0, 0.05) is 11.3 Å². The van der Waals surface area contributed by atoms with Gasteiger partial charge in [0.1, 0.15) is 17.1 Å². The van der Waals surface area contributed by atoms with Gasteiger partial charge in [-0.05, 0) is 30.2 Å². The van der Waals surface area contributed by atoms with E-state index in [2.05, 4.69) is 5.32 Å². The molecule has 2 atom stereocenters. The molecule has 0 saturated carbocycles. The summed E-state index contributed by atoms with van der Waals surface area (Å²) in [7, 11) is 0. The average Bonchev–Trinajstić information content (AvgIpc) is 2.82. The topological polar surface area (TPSA) is 96.0 Å². The zero-order chi connectivity index (χ0) is 23.1. The highest BCUT2D eigenvalue weighted by Crippen LogP contribution is 2.42. The fourth-order valence-corrected chi connectivity index (χ4v) is 5.44. The van der Waals surface area contributed by atoms with Crippen molar-refractivity contribution in [3.63, 3.8) is 0 Å². The Morgan fingerprint density at radius 3 is 2.55 bits per heavy atom. The van der Waals surface area contributed by atoms with Crippen molar-refractivity contribution in [3.05, 3.63) is 82.6 Å². The zero-order valence-electron chi connectivity index (χ0n) is 17.8. The quantitative estimate of drug-likeness (QED) is 0.695. The van der Waals surface area contributed by atoms with E-state index in [1.165, 1.54) is 16.7 Å². The highest BCUT2D eigenvalue weighted by molar-refractivity contribution is 8.00. The lowest BCUT2D eigenvalue weighted by Gasteiger charge is -2.51. The molecular formula is C24H21N3O5S. The summed E-state index contributed by atoms with van der Waals surface area (Å²) < 4.78 is 0. The molecule has 0 radical (unpaired) electrons. The van der Waals surface area contributed by atoms with Crippen LogP contribution in [0.3, 0.4) is 0 Å². The molecule has 3 heterocycles. The first-order chi connectivity index (χ1) is 15.9. The number of hydroxylamine groups is 2. The molecule has 0 aliphatic carbocycles.